The Morgan fingerprint density at radius 2 is 1.78 bits per heavy atom. The van der Waals surface area contributed by atoms with Gasteiger partial charge < -0.3 is 10.5 Å². The molecule has 1 unspecified atom stereocenters. The van der Waals surface area contributed by atoms with E-state index in [4.69, 9.17) is 10.5 Å². The summed E-state index contributed by atoms with van der Waals surface area (Å²) in [6.45, 7) is 4.72. The molecule has 0 aliphatic rings. The third kappa shape index (κ3) is 2.90. The zero-order valence-corrected chi connectivity index (χ0v) is 10.9. The molecule has 0 saturated carbocycles. The number of aryl methyl sites for hydroxylation is 1. The minimum absolute atomic E-state index is 0.106. The van der Waals surface area contributed by atoms with Crippen LogP contribution in [0.3, 0.4) is 0 Å². The average molecular weight is 241 g/mol. The first-order chi connectivity index (χ1) is 8.70. The fourth-order valence-electron chi connectivity index (χ4n) is 1.93. The molecule has 0 amide bonds. The standard InChI is InChI=1S/C16H19NO/c1-3-18-15-6-4-5-14(11-15)16(17)13-9-7-12(2)8-10-13/h4-11,16H,3,17H2,1-2H3. The van der Waals surface area contributed by atoms with E-state index < -0.39 is 0 Å². The zero-order valence-electron chi connectivity index (χ0n) is 10.9. The second kappa shape index (κ2) is 5.69. The van der Waals surface area contributed by atoms with Crippen LogP contribution in [0.15, 0.2) is 48.5 Å². The van der Waals surface area contributed by atoms with Gasteiger partial charge in [0, 0.05) is 0 Å². The molecule has 0 aliphatic carbocycles. The van der Waals surface area contributed by atoms with Gasteiger partial charge in [0.1, 0.15) is 5.75 Å². The van der Waals surface area contributed by atoms with E-state index in [2.05, 4.69) is 31.2 Å². The molecule has 0 radical (unpaired) electrons. The maximum absolute atomic E-state index is 6.28. The number of ether oxygens (including phenoxy) is 1. The van der Waals surface area contributed by atoms with E-state index in [1.165, 1.54) is 5.56 Å². The SMILES string of the molecule is CCOc1cccc(C(N)c2ccc(C)cc2)c1. The van der Waals surface area contributed by atoms with E-state index in [0.29, 0.717) is 6.61 Å². The number of rotatable bonds is 4. The van der Waals surface area contributed by atoms with Crippen LogP contribution in [-0.4, -0.2) is 6.61 Å². The van der Waals surface area contributed by atoms with Gasteiger partial charge in [-0.05, 0) is 37.1 Å². The molecule has 1 atom stereocenters. The maximum Gasteiger partial charge on any atom is 0.119 e. The molecule has 2 aromatic carbocycles. The first-order valence-electron chi connectivity index (χ1n) is 6.25. The molecule has 0 aromatic heterocycles. The van der Waals surface area contributed by atoms with Crippen molar-refractivity contribution in [3.05, 3.63) is 65.2 Å². The van der Waals surface area contributed by atoms with Crippen molar-refractivity contribution in [2.45, 2.75) is 19.9 Å². The Morgan fingerprint density at radius 1 is 1.06 bits per heavy atom. The Kier molecular flexibility index (Phi) is 4.00. The van der Waals surface area contributed by atoms with E-state index >= 15 is 0 Å². The number of hydrogen-bond acceptors (Lipinski definition) is 2. The largest absolute Gasteiger partial charge is 0.494 e. The van der Waals surface area contributed by atoms with Gasteiger partial charge in [-0.3, -0.25) is 0 Å². The maximum atomic E-state index is 6.28. The van der Waals surface area contributed by atoms with Gasteiger partial charge in [-0.25, -0.2) is 0 Å². The van der Waals surface area contributed by atoms with Crippen LogP contribution in [0.1, 0.15) is 29.7 Å². The molecular weight excluding hydrogens is 222 g/mol. The van der Waals surface area contributed by atoms with Crippen molar-refractivity contribution in [3.8, 4) is 5.75 Å². The van der Waals surface area contributed by atoms with Crippen LogP contribution in [0.25, 0.3) is 0 Å². The summed E-state index contributed by atoms with van der Waals surface area (Å²) >= 11 is 0. The van der Waals surface area contributed by atoms with Gasteiger partial charge in [-0.2, -0.15) is 0 Å². The predicted octanol–water partition coefficient (Wildman–Crippen LogP) is 3.44. The first kappa shape index (κ1) is 12.7. The van der Waals surface area contributed by atoms with Gasteiger partial charge in [0.25, 0.3) is 0 Å². The summed E-state index contributed by atoms with van der Waals surface area (Å²) in [6.07, 6.45) is 0. The van der Waals surface area contributed by atoms with Gasteiger partial charge >= 0.3 is 0 Å². The molecule has 0 spiro atoms. The van der Waals surface area contributed by atoms with Gasteiger partial charge in [0.2, 0.25) is 0 Å². The van der Waals surface area contributed by atoms with Crippen LogP contribution in [0, 0.1) is 6.92 Å². The first-order valence-corrected chi connectivity index (χ1v) is 6.25. The highest BCUT2D eigenvalue weighted by molar-refractivity contribution is 5.37. The lowest BCUT2D eigenvalue weighted by molar-refractivity contribution is 0.340. The lowest BCUT2D eigenvalue weighted by atomic mass is 9.98. The van der Waals surface area contributed by atoms with Crippen LogP contribution in [-0.2, 0) is 0 Å². The predicted molar refractivity (Wildman–Crippen MR) is 74.8 cm³/mol. The van der Waals surface area contributed by atoms with E-state index in [-0.39, 0.29) is 6.04 Å². The molecule has 0 fully saturated rings. The van der Waals surface area contributed by atoms with Crippen molar-refractivity contribution in [2.75, 3.05) is 6.61 Å². The van der Waals surface area contributed by atoms with Crippen LogP contribution >= 0.6 is 0 Å². The quantitative estimate of drug-likeness (QED) is 0.890. The summed E-state index contributed by atoms with van der Waals surface area (Å²) in [5.74, 6) is 0.873. The summed E-state index contributed by atoms with van der Waals surface area (Å²) < 4.78 is 5.50. The van der Waals surface area contributed by atoms with Crippen LogP contribution < -0.4 is 10.5 Å². The van der Waals surface area contributed by atoms with Gasteiger partial charge in [0.05, 0.1) is 12.6 Å². The van der Waals surface area contributed by atoms with Crippen molar-refractivity contribution in [3.63, 3.8) is 0 Å². The minimum Gasteiger partial charge on any atom is -0.494 e. The van der Waals surface area contributed by atoms with Crippen LogP contribution in [0.4, 0.5) is 0 Å². The summed E-state index contributed by atoms with van der Waals surface area (Å²) in [7, 11) is 0. The normalized spacial score (nSPS) is 12.2. The number of hydrogen-bond donors (Lipinski definition) is 1. The monoisotopic (exact) mass is 241 g/mol. The molecule has 0 heterocycles. The van der Waals surface area contributed by atoms with Crippen LogP contribution in [0.5, 0.6) is 5.75 Å². The molecule has 0 aliphatic heterocycles. The third-order valence-corrected chi connectivity index (χ3v) is 2.96. The molecule has 2 aromatic rings. The van der Waals surface area contributed by atoms with Gasteiger partial charge in [-0.15, -0.1) is 0 Å². The van der Waals surface area contributed by atoms with Crippen molar-refractivity contribution < 1.29 is 4.74 Å². The van der Waals surface area contributed by atoms with Crippen molar-refractivity contribution in [2.24, 2.45) is 5.73 Å². The second-order valence-electron chi connectivity index (χ2n) is 4.39. The molecule has 2 N–H and O–H groups in total. The molecule has 94 valence electrons. The molecule has 18 heavy (non-hydrogen) atoms. The summed E-state index contributed by atoms with van der Waals surface area (Å²) in [6, 6.07) is 16.2. The number of nitrogens with two attached hydrogens (primary N) is 1. The Bertz CT molecular complexity index is 505. The minimum atomic E-state index is -0.106. The topological polar surface area (TPSA) is 35.2 Å². The van der Waals surface area contributed by atoms with Gasteiger partial charge in [-0.1, -0.05) is 42.0 Å². The molecule has 2 rings (SSSR count). The summed E-state index contributed by atoms with van der Waals surface area (Å²) in [4.78, 5) is 0. The fraction of sp³-hybridized carbons (Fsp3) is 0.250. The van der Waals surface area contributed by atoms with Crippen molar-refractivity contribution >= 4 is 0 Å². The highest BCUT2D eigenvalue weighted by Gasteiger charge is 2.09. The van der Waals surface area contributed by atoms with E-state index in [0.717, 1.165) is 16.9 Å². The van der Waals surface area contributed by atoms with Crippen molar-refractivity contribution in [1.29, 1.82) is 0 Å². The Balaban J connectivity index is 2.24. The summed E-state index contributed by atoms with van der Waals surface area (Å²) in [5.41, 5.74) is 9.71. The highest BCUT2D eigenvalue weighted by atomic mass is 16.5. The van der Waals surface area contributed by atoms with Crippen LogP contribution in [0.2, 0.25) is 0 Å². The molecule has 0 bridgehead atoms. The van der Waals surface area contributed by atoms with E-state index in [1.807, 2.05) is 31.2 Å². The van der Waals surface area contributed by atoms with Gasteiger partial charge in [0.15, 0.2) is 0 Å². The summed E-state index contributed by atoms with van der Waals surface area (Å²) in [5, 5.41) is 0. The number of benzene rings is 2. The van der Waals surface area contributed by atoms with E-state index in [1.54, 1.807) is 0 Å². The Hall–Kier alpha value is -1.80. The lowest BCUT2D eigenvalue weighted by Crippen LogP contribution is -2.11. The molecule has 2 nitrogen and oxygen atoms in total. The smallest absolute Gasteiger partial charge is 0.119 e. The zero-order chi connectivity index (χ0) is 13.0. The highest BCUT2D eigenvalue weighted by Crippen LogP contribution is 2.23. The molecular formula is C16H19NO. The Labute approximate surface area is 108 Å². The second-order valence-corrected chi connectivity index (χ2v) is 4.39. The van der Waals surface area contributed by atoms with E-state index in [9.17, 15) is 0 Å². The molecule has 0 saturated heterocycles. The third-order valence-electron chi connectivity index (χ3n) is 2.96. The van der Waals surface area contributed by atoms with Crippen molar-refractivity contribution in [1.82, 2.24) is 0 Å². The average Bonchev–Trinajstić information content (AvgIpc) is 2.39. The molecule has 2 heteroatoms. The Morgan fingerprint density at radius 3 is 2.44 bits per heavy atom. The lowest BCUT2D eigenvalue weighted by Gasteiger charge is -2.14. The fourth-order valence-corrected chi connectivity index (χ4v) is 1.93.